The van der Waals surface area contributed by atoms with Gasteiger partial charge in [0.1, 0.15) is 0 Å². The molecule has 2 aliphatic rings. The molecule has 1 saturated carbocycles. The predicted octanol–water partition coefficient (Wildman–Crippen LogP) is 5.38. The van der Waals surface area contributed by atoms with Crippen LogP contribution in [0, 0.1) is 0 Å². The highest BCUT2D eigenvalue weighted by Crippen LogP contribution is 2.50. The monoisotopic (exact) mass is 295 g/mol. The molecule has 2 unspecified atom stereocenters. The van der Waals surface area contributed by atoms with Gasteiger partial charge < -0.3 is 0 Å². The van der Waals surface area contributed by atoms with Crippen molar-refractivity contribution in [1.29, 1.82) is 0 Å². The Hall–Kier alpha value is -1.28. The van der Waals surface area contributed by atoms with Gasteiger partial charge in [-0.05, 0) is 42.4 Å². The van der Waals surface area contributed by atoms with Crippen molar-refractivity contribution in [2.75, 3.05) is 6.26 Å². The first-order valence-electron chi connectivity index (χ1n) is 7.89. The Morgan fingerprint density at radius 2 is 2.00 bits per heavy atom. The average Bonchev–Trinajstić information content (AvgIpc) is 2.53. The Morgan fingerprint density at radius 3 is 2.86 bits per heavy atom. The Bertz CT molecular complexity index is 733. The van der Waals surface area contributed by atoms with Crippen molar-refractivity contribution in [3.05, 3.63) is 47.5 Å². The second-order valence-electron chi connectivity index (χ2n) is 6.52. The van der Waals surface area contributed by atoms with Crippen LogP contribution in [0.3, 0.4) is 0 Å². The van der Waals surface area contributed by atoms with Gasteiger partial charge in [-0.15, -0.1) is 11.8 Å². The molecule has 2 aromatic carbocycles. The minimum atomic E-state index is 0.105. The van der Waals surface area contributed by atoms with Gasteiger partial charge in [-0.1, -0.05) is 49.2 Å². The van der Waals surface area contributed by atoms with Crippen LogP contribution in [0.5, 0.6) is 0 Å². The van der Waals surface area contributed by atoms with Gasteiger partial charge in [0.05, 0.1) is 10.6 Å². The minimum absolute atomic E-state index is 0.105. The van der Waals surface area contributed by atoms with Gasteiger partial charge in [0, 0.05) is 11.5 Å². The van der Waals surface area contributed by atoms with Gasteiger partial charge >= 0.3 is 0 Å². The summed E-state index contributed by atoms with van der Waals surface area (Å²) in [4.78, 5) is 5.18. The first kappa shape index (κ1) is 13.4. The van der Waals surface area contributed by atoms with Crippen LogP contribution in [0.2, 0.25) is 0 Å². The zero-order valence-electron chi connectivity index (χ0n) is 12.7. The van der Waals surface area contributed by atoms with E-state index in [2.05, 4.69) is 49.6 Å². The summed E-state index contributed by atoms with van der Waals surface area (Å²) in [6, 6.07) is 13.4. The highest BCUT2D eigenvalue weighted by Gasteiger charge is 2.42. The van der Waals surface area contributed by atoms with E-state index in [4.69, 9.17) is 4.99 Å². The average molecular weight is 295 g/mol. The summed E-state index contributed by atoms with van der Waals surface area (Å²) in [5.74, 6) is 0.586. The summed E-state index contributed by atoms with van der Waals surface area (Å²) >= 11 is 1.80. The van der Waals surface area contributed by atoms with Crippen molar-refractivity contribution in [3.63, 3.8) is 0 Å². The summed E-state index contributed by atoms with van der Waals surface area (Å²) in [7, 11) is 0. The first-order chi connectivity index (χ1) is 10.2. The molecule has 1 fully saturated rings. The smallest absolute Gasteiger partial charge is 0.0984 e. The fraction of sp³-hybridized carbons (Fsp3) is 0.421. The fourth-order valence-corrected chi connectivity index (χ4v) is 4.91. The third-order valence-corrected chi connectivity index (χ3v) is 5.97. The summed E-state index contributed by atoms with van der Waals surface area (Å²) in [5.41, 5.74) is 3.05. The van der Waals surface area contributed by atoms with E-state index < -0.39 is 0 Å². The van der Waals surface area contributed by atoms with E-state index in [0.717, 1.165) is 0 Å². The van der Waals surface area contributed by atoms with Crippen molar-refractivity contribution in [3.8, 4) is 0 Å². The number of fused-ring (bicyclic) bond motifs is 5. The number of benzene rings is 2. The zero-order valence-corrected chi connectivity index (χ0v) is 13.5. The molecule has 0 aromatic heterocycles. The number of nitrogens with zero attached hydrogens (tertiary/aromatic N) is 1. The maximum Gasteiger partial charge on any atom is 0.0984 e. The van der Waals surface area contributed by atoms with Gasteiger partial charge in [-0.25, -0.2) is 0 Å². The zero-order chi connectivity index (χ0) is 14.4. The van der Waals surface area contributed by atoms with Crippen LogP contribution in [-0.4, -0.2) is 16.8 Å². The van der Waals surface area contributed by atoms with Crippen LogP contribution in [0.15, 0.2) is 41.4 Å². The van der Waals surface area contributed by atoms with E-state index in [9.17, 15) is 0 Å². The van der Waals surface area contributed by atoms with Gasteiger partial charge in [-0.3, -0.25) is 4.99 Å². The van der Waals surface area contributed by atoms with E-state index in [1.807, 2.05) is 0 Å². The molecule has 108 valence electrons. The maximum atomic E-state index is 5.18. The Balaban J connectivity index is 2.04. The first-order valence-corrected chi connectivity index (χ1v) is 9.11. The lowest BCUT2D eigenvalue weighted by Gasteiger charge is -2.43. The molecule has 2 aromatic rings. The van der Waals surface area contributed by atoms with Crippen LogP contribution >= 0.6 is 11.8 Å². The molecule has 1 nitrogen and oxygen atoms in total. The molecule has 0 bridgehead atoms. The summed E-state index contributed by atoms with van der Waals surface area (Å²) in [5, 5.41) is 4.04. The van der Waals surface area contributed by atoms with Crippen molar-refractivity contribution in [2.45, 2.75) is 44.1 Å². The molecule has 2 atom stereocenters. The molecule has 1 aliphatic heterocycles. The van der Waals surface area contributed by atoms with E-state index in [0.29, 0.717) is 5.92 Å². The minimum Gasteiger partial charge on any atom is -0.271 e. The van der Waals surface area contributed by atoms with Crippen LogP contribution in [0.1, 0.15) is 49.7 Å². The van der Waals surface area contributed by atoms with Crippen molar-refractivity contribution in [2.24, 2.45) is 4.99 Å². The molecule has 0 radical (unpaired) electrons. The second-order valence-corrected chi connectivity index (χ2v) is 7.32. The van der Waals surface area contributed by atoms with E-state index in [1.54, 1.807) is 17.3 Å². The molecule has 21 heavy (non-hydrogen) atoms. The standard InChI is InChI=1S/C19H21NS/c1-19-12-6-5-9-16(19)17-14-8-4-3-7-13(14)10-11-15(17)18(20-19)21-2/h3-4,7-8,10-11,16H,5-6,9,12H2,1-2H3. The van der Waals surface area contributed by atoms with Crippen LogP contribution in [-0.2, 0) is 0 Å². The maximum absolute atomic E-state index is 5.18. The Kier molecular flexibility index (Phi) is 3.11. The number of aliphatic imine (C=N–C) groups is 1. The highest BCUT2D eigenvalue weighted by atomic mass is 32.2. The summed E-state index contributed by atoms with van der Waals surface area (Å²) in [6.07, 6.45) is 7.32. The molecular formula is C19H21NS. The summed E-state index contributed by atoms with van der Waals surface area (Å²) in [6.45, 7) is 2.37. The molecule has 0 N–H and O–H groups in total. The predicted molar refractivity (Wildman–Crippen MR) is 93.6 cm³/mol. The molecule has 0 saturated heterocycles. The van der Waals surface area contributed by atoms with E-state index in [-0.39, 0.29) is 5.54 Å². The SMILES string of the molecule is CSC1=NC2(C)CCCCC2c2c1ccc1ccccc21. The summed E-state index contributed by atoms with van der Waals surface area (Å²) < 4.78 is 0. The van der Waals surface area contributed by atoms with Gasteiger partial charge in [0.15, 0.2) is 0 Å². The lowest BCUT2D eigenvalue weighted by atomic mass is 9.67. The molecule has 1 aliphatic carbocycles. The second kappa shape index (κ2) is 4.88. The number of hydrogen-bond donors (Lipinski definition) is 0. The quantitative estimate of drug-likeness (QED) is 0.635. The molecule has 0 spiro atoms. The Labute approximate surface area is 130 Å². The van der Waals surface area contributed by atoms with Gasteiger partial charge in [0.25, 0.3) is 0 Å². The fourth-order valence-electron chi connectivity index (χ4n) is 4.21. The molecule has 4 rings (SSSR count). The Morgan fingerprint density at radius 1 is 1.14 bits per heavy atom. The topological polar surface area (TPSA) is 12.4 Å². The van der Waals surface area contributed by atoms with E-state index >= 15 is 0 Å². The third kappa shape index (κ3) is 1.96. The number of rotatable bonds is 0. The highest BCUT2D eigenvalue weighted by molar-refractivity contribution is 8.13. The third-order valence-electron chi connectivity index (χ3n) is 5.28. The van der Waals surface area contributed by atoms with Crippen molar-refractivity contribution < 1.29 is 0 Å². The normalized spacial score (nSPS) is 27.9. The van der Waals surface area contributed by atoms with Crippen molar-refractivity contribution in [1.82, 2.24) is 0 Å². The lowest BCUT2D eigenvalue weighted by Crippen LogP contribution is -2.38. The largest absolute Gasteiger partial charge is 0.271 e. The molecule has 2 heteroatoms. The van der Waals surface area contributed by atoms with E-state index in [1.165, 1.54) is 47.1 Å². The number of thioether (sulfide) groups is 1. The van der Waals surface area contributed by atoms with Crippen LogP contribution in [0.25, 0.3) is 10.8 Å². The van der Waals surface area contributed by atoms with Gasteiger partial charge in [0.2, 0.25) is 0 Å². The van der Waals surface area contributed by atoms with Crippen LogP contribution in [0.4, 0.5) is 0 Å². The van der Waals surface area contributed by atoms with Crippen LogP contribution < -0.4 is 0 Å². The van der Waals surface area contributed by atoms with Crippen molar-refractivity contribution >= 4 is 27.6 Å². The number of hydrogen-bond acceptors (Lipinski definition) is 2. The molecular weight excluding hydrogens is 274 g/mol. The molecule has 0 amide bonds. The lowest BCUT2D eigenvalue weighted by molar-refractivity contribution is 0.275. The van der Waals surface area contributed by atoms with Gasteiger partial charge in [-0.2, -0.15) is 0 Å². The molecule has 1 heterocycles.